The lowest BCUT2D eigenvalue weighted by atomic mass is 10.00. The van der Waals surface area contributed by atoms with Crippen molar-refractivity contribution >= 4 is 28.9 Å². The van der Waals surface area contributed by atoms with Crippen LogP contribution in [0.2, 0.25) is 0 Å². The molecular formula is C43H44F5N5O9. The van der Waals surface area contributed by atoms with Crippen LogP contribution in [0.1, 0.15) is 35.4 Å². The molecule has 0 bridgehead atoms. The lowest BCUT2D eigenvalue weighted by molar-refractivity contribution is -0.165. The van der Waals surface area contributed by atoms with E-state index in [1.807, 2.05) is 29.2 Å². The van der Waals surface area contributed by atoms with Crippen LogP contribution in [0.25, 0.3) is 22.2 Å². The first-order valence-electron chi connectivity index (χ1n) is 19.3. The number of methoxy groups -OCH3 is 1. The number of aliphatic carboxylic acids is 2. The third kappa shape index (κ3) is 12.0. The minimum Gasteiger partial charge on any atom is -0.479 e. The highest BCUT2D eigenvalue weighted by Gasteiger charge is 2.32. The van der Waals surface area contributed by atoms with Gasteiger partial charge in [-0.1, -0.05) is 48.5 Å². The van der Waals surface area contributed by atoms with Gasteiger partial charge in [0.05, 0.1) is 17.6 Å². The highest BCUT2D eigenvalue weighted by molar-refractivity contribution is 5.83. The maximum Gasteiger partial charge on any atom is 0.416 e. The molecule has 6 rings (SSSR count). The van der Waals surface area contributed by atoms with E-state index >= 15 is 0 Å². The number of pyridine rings is 1. The molecule has 62 heavy (non-hydrogen) atoms. The monoisotopic (exact) mass is 869 g/mol. The normalized spacial score (nSPS) is 14.5. The number of carboxylic acids is 2. The Hall–Kier alpha value is -6.15. The lowest BCUT2D eigenvalue weighted by Gasteiger charge is -2.39. The van der Waals surface area contributed by atoms with Crippen LogP contribution in [0, 0.1) is 11.6 Å². The van der Waals surface area contributed by atoms with Gasteiger partial charge in [-0.15, -0.1) is 0 Å². The van der Waals surface area contributed by atoms with E-state index in [4.69, 9.17) is 25.2 Å². The molecule has 330 valence electrons. The summed E-state index contributed by atoms with van der Waals surface area (Å²) < 4.78 is 74.6. The van der Waals surface area contributed by atoms with E-state index in [-0.39, 0.29) is 60.3 Å². The standard InChI is InChI=1S/C39H38F5N5O3.C4H6O6/c1-52-23-22-47-20-17-31(18-21-47)48(24-26-7-9-27(10-8-26)28-11-14-30(15-12-28)39(42,43)44)35(50)25-49-34(16-13-29-4-2-6-33(40)36(29)41)46-38(51)32-5-3-19-45-37(32)49;5-1(3(7)8)2(6)4(9)10/h2-12,14-15,19,31H,13,16-18,20-25H2,1H3;1-2,5-6H,(H,7,8)(H,9,10). The molecular weight excluding hydrogens is 825 g/mol. The Morgan fingerprint density at radius 3 is 2.06 bits per heavy atom. The number of amides is 1. The maximum absolute atomic E-state index is 14.6. The molecule has 14 nitrogen and oxygen atoms in total. The molecule has 3 heterocycles. The first-order valence-corrected chi connectivity index (χ1v) is 19.3. The van der Waals surface area contributed by atoms with Gasteiger partial charge in [0.2, 0.25) is 5.91 Å². The summed E-state index contributed by atoms with van der Waals surface area (Å²) in [5.74, 6) is -5.50. The highest BCUT2D eigenvalue weighted by Crippen LogP contribution is 2.31. The Bertz CT molecular complexity index is 2370. The molecule has 19 heteroatoms. The van der Waals surface area contributed by atoms with Crippen molar-refractivity contribution in [1.29, 1.82) is 0 Å². The second-order valence-electron chi connectivity index (χ2n) is 14.4. The number of ether oxygens (including phenoxy) is 1. The van der Waals surface area contributed by atoms with Crippen LogP contribution in [0.4, 0.5) is 22.0 Å². The van der Waals surface area contributed by atoms with Crippen molar-refractivity contribution in [3.63, 3.8) is 0 Å². The SMILES string of the molecule is COCCN1CCC(N(Cc2ccc(-c3ccc(C(F)(F)F)cc3)cc2)C(=O)Cn2c(CCc3cccc(F)c3F)nc(=O)c3cccnc32)CC1.O=C(O)C(O)C(O)C(=O)O. The molecule has 5 aromatic rings. The minimum atomic E-state index is -4.42. The number of nitrogens with zero attached hydrogens (tertiary/aromatic N) is 5. The Morgan fingerprint density at radius 1 is 0.871 bits per heavy atom. The number of likely N-dealkylation sites (tertiary alicyclic amines) is 1. The van der Waals surface area contributed by atoms with Gasteiger partial charge in [0.25, 0.3) is 5.56 Å². The second kappa shape index (κ2) is 21.1. The van der Waals surface area contributed by atoms with Gasteiger partial charge >= 0.3 is 18.1 Å². The Morgan fingerprint density at radius 2 is 1.48 bits per heavy atom. The molecule has 3 aromatic carbocycles. The highest BCUT2D eigenvalue weighted by atomic mass is 19.4. The molecule has 0 spiro atoms. The van der Waals surface area contributed by atoms with Crippen LogP contribution in [0.5, 0.6) is 0 Å². The molecule has 1 amide bonds. The van der Waals surface area contributed by atoms with Gasteiger partial charge in [-0.2, -0.15) is 18.2 Å². The van der Waals surface area contributed by atoms with E-state index in [1.165, 1.54) is 30.5 Å². The summed E-state index contributed by atoms with van der Waals surface area (Å²) in [4.78, 5) is 59.8. The predicted octanol–water partition coefficient (Wildman–Crippen LogP) is 4.56. The molecule has 4 N–H and O–H groups in total. The fourth-order valence-electron chi connectivity index (χ4n) is 6.93. The molecule has 1 fully saturated rings. The zero-order valence-electron chi connectivity index (χ0n) is 33.3. The summed E-state index contributed by atoms with van der Waals surface area (Å²) >= 11 is 0. The Kier molecular flexibility index (Phi) is 16.0. The summed E-state index contributed by atoms with van der Waals surface area (Å²) in [7, 11) is 1.66. The van der Waals surface area contributed by atoms with Crippen LogP contribution in [0.15, 0.2) is 89.9 Å². The summed E-state index contributed by atoms with van der Waals surface area (Å²) in [6.07, 6.45) is -5.92. The fourth-order valence-corrected chi connectivity index (χ4v) is 6.93. The summed E-state index contributed by atoms with van der Waals surface area (Å²) in [5.41, 5.74) is 1.32. The average molecular weight is 870 g/mol. The molecule has 1 saturated heterocycles. The van der Waals surface area contributed by atoms with Crippen molar-refractivity contribution in [1.82, 2.24) is 24.3 Å². The number of carbonyl (C=O) groups is 3. The van der Waals surface area contributed by atoms with E-state index in [9.17, 15) is 41.1 Å². The van der Waals surface area contributed by atoms with Crippen molar-refractivity contribution in [2.75, 3.05) is 33.4 Å². The van der Waals surface area contributed by atoms with Gasteiger partial charge in [0, 0.05) is 51.9 Å². The molecule has 2 atom stereocenters. The van der Waals surface area contributed by atoms with E-state index in [0.29, 0.717) is 25.0 Å². The molecule has 0 aliphatic carbocycles. The number of fused-ring (bicyclic) bond motifs is 1. The van der Waals surface area contributed by atoms with Gasteiger partial charge < -0.3 is 39.5 Å². The number of aliphatic hydroxyl groups excluding tert-OH is 2. The van der Waals surface area contributed by atoms with E-state index in [2.05, 4.69) is 14.9 Å². The Labute approximate surface area is 351 Å². The number of aryl methyl sites for hydroxylation is 2. The van der Waals surface area contributed by atoms with Crippen molar-refractivity contribution in [3.05, 3.63) is 130 Å². The second-order valence-corrected chi connectivity index (χ2v) is 14.4. The van der Waals surface area contributed by atoms with Crippen molar-refractivity contribution < 1.29 is 61.5 Å². The van der Waals surface area contributed by atoms with Crippen molar-refractivity contribution in [3.8, 4) is 11.1 Å². The molecule has 1 aliphatic heterocycles. The number of carbonyl (C=O) groups excluding carboxylic acids is 1. The number of rotatable bonds is 15. The number of carboxylic acid groups (broad SMARTS) is 2. The predicted molar refractivity (Wildman–Crippen MR) is 214 cm³/mol. The quantitative estimate of drug-likeness (QED) is 0.107. The van der Waals surface area contributed by atoms with E-state index < -0.39 is 53.1 Å². The molecule has 2 aromatic heterocycles. The van der Waals surface area contributed by atoms with Crippen LogP contribution >= 0.6 is 0 Å². The van der Waals surface area contributed by atoms with Gasteiger partial charge in [-0.05, 0) is 71.8 Å². The zero-order valence-corrected chi connectivity index (χ0v) is 33.3. The maximum atomic E-state index is 14.6. The number of aliphatic hydroxyl groups is 2. The molecule has 1 aliphatic rings. The number of hydrogen-bond acceptors (Lipinski definition) is 10. The van der Waals surface area contributed by atoms with Crippen LogP contribution in [-0.4, -0.2) is 114 Å². The number of alkyl halides is 3. The largest absolute Gasteiger partial charge is 0.479 e. The average Bonchev–Trinajstić information content (AvgIpc) is 3.26. The van der Waals surface area contributed by atoms with Crippen LogP contribution in [0.3, 0.4) is 0 Å². The smallest absolute Gasteiger partial charge is 0.416 e. The minimum absolute atomic E-state index is 0.0392. The lowest BCUT2D eigenvalue weighted by Crippen LogP contribution is -2.48. The zero-order chi connectivity index (χ0) is 45.1. The van der Waals surface area contributed by atoms with Gasteiger partial charge in [-0.3, -0.25) is 9.59 Å². The number of halogens is 5. The first kappa shape index (κ1) is 46.9. The first-order chi connectivity index (χ1) is 29.5. The third-order valence-corrected chi connectivity index (χ3v) is 10.3. The van der Waals surface area contributed by atoms with E-state index in [0.717, 1.165) is 49.0 Å². The fraction of sp³-hybridized carbons (Fsp3) is 0.349. The summed E-state index contributed by atoms with van der Waals surface area (Å²) in [6.45, 7) is 2.96. The number of piperidine rings is 1. The third-order valence-electron chi connectivity index (χ3n) is 10.3. The van der Waals surface area contributed by atoms with Gasteiger partial charge in [0.1, 0.15) is 18.0 Å². The van der Waals surface area contributed by atoms with Crippen molar-refractivity contribution in [2.45, 2.75) is 63.2 Å². The number of benzene rings is 3. The molecule has 0 saturated carbocycles. The number of hydrogen-bond donors (Lipinski definition) is 4. The number of aromatic nitrogens is 3. The van der Waals surface area contributed by atoms with Gasteiger partial charge in [-0.25, -0.2) is 23.4 Å². The summed E-state index contributed by atoms with van der Waals surface area (Å²) in [6, 6.07) is 19.3. The topological polar surface area (TPSA) is 196 Å². The Balaban J connectivity index is 0.000000646. The van der Waals surface area contributed by atoms with Gasteiger partial charge in [0.15, 0.2) is 23.8 Å². The van der Waals surface area contributed by atoms with E-state index in [1.54, 1.807) is 23.8 Å². The van der Waals surface area contributed by atoms with Crippen LogP contribution in [-0.2, 0) is 51.2 Å². The van der Waals surface area contributed by atoms with Crippen molar-refractivity contribution in [2.24, 2.45) is 0 Å². The van der Waals surface area contributed by atoms with Crippen LogP contribution < -0.4 is 5.56 Å². The molecule has 2 unspecified atom stereocenters. The molecule has 0 radical (unpaired) electrons. The summed E-state index contributed by atoms with van der Waals surface area (Å²) in [5, 5.41) is 32.8.